The molecule has 1 aliphatic carbocycles. The summed E-state index contributed by atoms with van der Waals surface area (Å²) < 4.78 is 0. The molecular weight excluding hydrogens is 238 g/mol. The van der Waals surface area contributed by atoms with Gasteiger partial charge in [-0.2, -0.15) is 0 Å². The van der Waals surface area contributed by atoms with Gasteiger partial charge < -0.3 is 0 Å². The lowest BCUT2D eigenvalue weighted by atomic mass is 10.0. The topological polar surface area (TPSA) is 58.4 Å². The number of nitrogen functional groups attached to an aromatic ring is 1. The first-order valence-corrected chi connectivity index (χ1v) is 7.08. The van der Waals surface area contributed by atoms with Gasteiger partial charge in [-0.05, 0) is 42.4 Å². The lowest BCUT2D eigenvalue weighted by Crippen LogP contribution is -2.30. The minimum absolute atomic E-state index is 0.222. The Morgan fingerprint density at radius 3 is 2.74 bits per heavy atom. The predicted molar refractivity (Wildman–Crippen MR) is 74.2 cm³/mol. The van der Waals surface area contributed by atoms with E-state index in [2.05, 4.69) is 16.4 Å². The van der Waals surface area contributed by atoms with Crippen LogP contribution in [-0.4, -0.2) is 23.9 Å². The summed E-state index contributed by atoms with van der Waals surface area (Å²) in [5, 5.41) is 0. The Hall–Kier alpha value is -1.39. The molecule has 0 bridgehead atoms. The van der Waals surface area contributed by atoms with Crippen LogP contribution in [-0.2, 0) is 6.54 Å². The minimum atomic E-state index is -0.222. The molecule has 1 aromatic rings. The minimum Gasteiger partial charge on any atom is -0.299 e. The molecule has 3 N–H and O–H groups in total. The number of nitrogens with one attached hydrogen (secondary N) is 1. The van der Waals surface area contributed by atoms with E-state index in [0.29, 0.717) is 5.56 Å². The van der Waals surface area contributed by atoms with Crippen LogP contribution in [0, 0.1) is 11.8 Å². The number of hydrogen-bond acceptors (Lipinski definition) is 3. The summed E-state index contributed by atoms with van der Waals surface area (Å²) in [6.07, 6.45) is 4.21. The fourth-order valence-electron chi connectivity index (χ4n) is 3.61. The Labute approximate surface area is 113 Å². The van der Waals surface area contributed by atoms with E-state index >= 15 is 0 Å². The fourth-order valence-corrected chi connectivity index (χ4v) is 3.61. The van der Waals surface area contributed by atoms with Gasteiger partial charge in [0.05, 0.1) is 0 Å². The summed E-state index contributed by atoms with van der Waals surface area (Å²) in [5.74, 6) is 6.77. The fraction of sp³-hybridized carbons (Fsp3) is 0.533. The zero-order valence-corrected chi connectivity index (χ0v) is 11.1. The molecule has 1 aromatic carbocycles. The van der Waals surface area contributed by atoms with Crippen LogP contribution in [0.15, 0.2) is 24.3 Å². The highest BCUT2D eigenvalue weighted by atomic mass is 16.2. The molecular formula is C15H21N3O. The molecule has 0 spiro atoms. The van der Waals surface area contributed by atoms with Crippen molar-refractivity contribution >= 4 is 5.91 Å². The molecule has 4 heteroatoms. The lowest BCUT2D eigenvalue weighted by molar-refractivity contribution is 0.0953. The van der Waals surface area contributed by atoms with Gasteiger partial charge in [-0.3, -0.25) is 15.1 Å². The van der Waals surface area contributed by atoms with Crippen LogP contribution >= 0.6 is 0 Å². The Balaban J connectivity index is 1.65. The van der Waals surface area contributed by atoms with E-state index < -0.39 is 0 Å². The maximum atomic E-state index is 11.5. The van der Waals surface area contributed by atoms with Crippen LogP contribution in [0.2, 0.25) is 0 Å². The molecule has 2 atom stereocenters. The normalized spacial score (nSPS) is 26.4. The summed E-state index contributed by atoms with van der Waals surface area (Å²) in [6, 6.07) is 7.75. The first-order chi connectivity index (χ1) is 9.26. The number of benzene rings is 1. The summed E-state index contributed by atoms with van der Waals surface area (Å²) in [4.78, 5) is 14.0. The van der Waals surface area contributed by atoms with Crippen molar-refractivity contribution in [2.24, 2.45) is 17.7 Å². The van der Waals surface area contributed by atoms with E-state index in [0.717, 1.165) is 18.4 Å². The summed E-state index contributed by atoms with van der Waals surface area (Å²) in [7, 11) is 0. The van der Waals surface area contributed by atoms with Gasteiger partial charge in [-0.15, -0.1) is 0 Å². The van der Waals surface area contributed by atoms with Crippen molar-refractivity contribution in [1.29, 1.82) is 0 Å². The molecule has 102 valence electrons. The van der Waals surface area contributed by atoms with E-state index in [1.807, 2.05) is 12.1 Å². The van der Waals surface area contributed by atoms with Crippen molar-refractivity contribution in [2.75, 3.05) is 13.1 Å². The number of carbonyl (C=O) groups is 1. The molecule has 0 aromatic heterocycles. The van der Waals surface area contributed by atoms with Gasteiger partial charge in [-0.1, -0.05) is 18.6 Å². The molecule has 1 aliphatic heterocycles. The van der Waals surface area contributed by atoms with Crippen LogP contribution in [0.5, 0.6) is 0 Å². The zero-order chi connectivity index (χ0) is 13.2. The van der Waals surface area contributed by atoms with E-state index in [1.54, 1.807) is 6.07 Å². The van der Waals surface area contributed by atoms with Gasteiger partial charge in [0.15, 0.2) is 0 Å². The van der Waals surface area contributed by atoms with E-state index in [4.69, 9.17) is 5.84 Å². The summed E-state index contributed by atoms with van der Waals surface area (Å²) >= 11 is 0. The molecule has 19 heavy (non-hydrogen) atoms. The van der Waals surface area contributed by atoms with Crippen molar-refractivity contribution in [3.05, 3.63) is 35.4 Å². The third-order valence-corrected chi connectivity index (χ3v) is 4.53. The number of hydrogen-bond donors (Lipinski definition) is 2. The largest absolute Gasteiger partial charge is 0.299 e. The van der Waals surface area contributed by atoms with Gasteiger partial charge in [0, 0.05) is 25.2 Å². The molecule has 3 rings (SSSR count). The highest BCUT2D eigenvalue weighted by Crippen LogP contribution is 2.38. The number of likely N-dealkylation sites (tertiary alicyclic amines) is 1. The molecule has 1 heterocycles. The molecule has 4 nitrogen and oxygen atoms in total. The Kier molecular flexibility index (Phi) is 3.53. The highest BCUT2D eigenvalue weighted by molar-refractivity contribution is 5.93. The van der Waals surface area contributed by atoms with Gasteiger partial charge in [0.25, 0.3) is 5.91 Å². The third-order valence-electron chi connectivity index (χ3n) is 4.53. The maximum absolute atomic E-state index is 11.5. The second-order valence-electron chi connectivity index (χ2n) is 5.82. The quantitative estimate of drug-likeness (QED) is 0.491. The van der Waals surface area contributed by atoms with Crippen molar-refractivity contribution in [1.82, 2.24) is 10.3 Å². The molecule has 0 radical (unpaired) electrons. The van der Waals surface area contributed by atoms with Crippen LogP contribution < -0.4 is 11.3 Å². The standard InChI is InChI=1S/C15H21N3O/c16-17-15(19)12-4-1-3-11(7-12)8-18-9-13-5-2-6-14(13)10-18/h1,3-4,7,13-14H,2,5-6,8-10,16H2,(H,17,19). The molecule has 1 amide bonds. The van der Waals surface area contributed by atoms with Crippen molar-refractivity contribution in [3.63, 3.8) is 0 Å². The summed E-state index contributed by atoms with van der Waals surface area (Å²) in [6.45, 7) is 3.38. The van der Waals surface area contributed by atoms with Crippen LogP contribution in [0.3, 0.4) is 0 Å². The number of rotatable bonds is 3. The van der Waals surface area contributed by atoms with Crippen LogP contribution in [0.25, 0.3) is 0 Å². The summed E-state index contributed by atoms with van der Waals surface area (Å²) in [5.41, 5.74) is 4.02. The van der Waals surface area contributed by atoms with Gasteiger partial charge in [0.1, 0.15) is 0 Å². The molecule has 1 saturated carbocycles. The Bertz CT molecular complexity index is 462. The maximum Gasteiger partial charge on any atom is 0.265 e. The highest BCUT2D eigenvalue weighted by Gasteiger charge is 2.35. The van der Waals surface area contributed by atoms with Gasteiger partial charge >= 0.3 is 0 Å². The molecule has 1 saturated heterocycles. The number of fused-ring (bicyclic) bond motifs is 1. The zero-order valence-electron chi connectivity index (χ0n) is 11.1. The first-order valence-electron chi connectivity index (χ1n) is 7.08. The second kappa shape index (κ2) is 5.31. The Morgan fingerprint density at radius 2 is 2.05 bits per heavy atom. The van der Waals surface area contributed by atoms with E-state index in [9.17, 15) is 4.79 Å². The average Bonchev–Trinajstić information content (AvgIpc) is 2.99. The monoisotopic (exact) mass is 259 g/mol. The average molecular weight is 259 g/mol. The van der Waals surface area contributed by atoms with Crippen molar-refractivity contribution in [2.45, 2.75) is 25.8 Å². The van der Waals surface area contributed by atoms with Gasteiger partial charge in [-0.25, -0.2) is 5.84 Å². The number of nitrogens with two attached hydrogens (primary N) is 1. The molecule has 2 fully saturated rings. The Morgan fingerprint density at radius 1 is 1.32 bits per heavy atom. The predicted octanol–water partition coefficient (Wildman–Crippen LogP) is 1.52. The van der Waals surface area contributed by atoms with E-state index in [-0.39, 0.29) is 5.91 Å². The first kappa shape index (κ1) is 12.6. The van der Waals surface area contributed by atoms with Crippen LogP contribution in [0.4, 0.5) is 0 Å². The number of nitrogens with zero attached hydrogens (tertiary/aromatic N) is 1. The lowest BCUT2D eigenvalue weighted by Gasteiger charge is -2.17. The third kappa shape index (κ3) is 2.65. The number of carbonyl (C=O) groups excluding carboxylic acids is 1. The molecule has 2 aliphatic rings. The number of amides is 1. The molecule has 2 unspecified atom stereocenters. The van der Waals surface area contributed by atoms with E-state index in [1.165, 1.54) is 37.9 Å². The van der Waals surface area contributed by atoms with Crippen molar-refractivity contribution < 1.29 is 4.79 Å². The van der Waals surface area contributed by atoms with Gasteiger partial charge in [0.2, 0.25) is 0 Å². The SMILES string of the molecule is NNC(=O)c1cccc(CN2CC3CCCC3C2)c1. The van der Waals surface area contributed by atoms with Crippen LogP contribution in [0.1, 0.15) is 35.2 Å². The smallest absolute Gasteiger partial charge is 0.265 e. The second-order valence-corrected chi connectivity index (χ2v) is 5.82. The van der Waals surface area contributed by atoms with Crippen molar-refractivity contribution in [3.8, 4) is 0 Å². The number of hydrazine groups is 1.